The molecule has 1 heterocycles. The van der Waals surface area contributed by atoms with Crippen molar-refractivity contribution in [1.82, 2.24) is 4.90 Å². The number of carbonyl (C=O) groups is 1. The zero-order valence-corrected chi connectivity index (χ0v) is 15.5. The first-order chi connectivity index (χ1) is 11.5. The summed E-state index contributed by atoms with van der Waals surface area (Å²) in [7, 11) is 3.85. The number of carbonyl (C=O) groups excluding carboxylic acids is 1. The SMILES string of the molecule is CSc1ccc2c(c1)C(O)=C(C(=O)N(C)C1CCCCC1)CN2C. The van der Waals surface area contributed by atoms with Gasteiger partial charge in [-0.3, -0.25) is 4.79 Å². The molecule has 0 bridgehead atoms. The van der Waals surface area contributed by atoms with Gasteiger partial charge in [0.25, 0.3) is 5.91 Å². The molecule has 1 aromatic rings. The summed E-state index contributed by atoms with van der Waals surface area (Å²) in [5, 5.41) is 10.8. The first-order valence-corrected chi connectivity index (χ1v) is 9.84. The summed E-state index contributed by atoms with van der Waals surface area (Å²) in [4.78, 5) is 18.0. The summed E-state index contributed by atoms with van der Waals surface area (Å²) in [5.41, 5.74) is 2.24. The molecule has 0 atom stereocenters. The third-order valence-electron chi connectivity index (χ3n) is 5.25. The predicted molar refractivity (Wildman–Crippen MR) is 101 cm³/mol. The Morgan fingerprint density at radius 3 is 2.67 bits per heavy atom. The Hall–Kier alpha value is -1.62. The quantitative estimate of drug-likeness (QED) is 0.843. The molecule has 1 aliphatic carbocycles. The van der Waals surface area contributed by atoms with Crippen LogP contribution in [0.1, 0.15) is 37.7 Å². The van der Waals surface area contributed by atoms with Gasteiger partial charge in [-0.05, 0) is 37.3 Å². The molecule has 24 heavy (non-hydrogen) atoms. The van der Waals surface area contributed by atoms with Crippen LogP contribution in [0.25, 0.3) is 5.76 Å². The van der Waals surface area contributed by atoms with Crippen LogP contribution in [-0.2, 0) is 4.79 Å². The van der Waals surface area contributed by atoms with Crippen LogP contribution in [0, 0.1) is 0 Å². The zero-order chi connectivity index (χ0) is 17.3. The highest BCUT2D eigenvalue weighted by atomic mass is 32.2. The van der Waals surface area contributed by atoms with Crippen LogP contribution < -0.4 is 4.90 Å². The van der Waals surface area contributed by atoms with E-state index in [0.717, 1.165) is 29.0 Å². The number of hydrogen-bond donors (Lipinski definition) is 1. The van der Waals surface area contributed by atoms with E-state index in [9.17, 15) is 9.90 Å². The number of rotatable bonds is 3. The molecule has 130 valence electrons. The average Bonchev–Trinajstić information content (AvgIpc) is 2.63. The summed E-state index contributed by atoms with van der Waals surface area (Å²) in [5.74, 6) is 0.109. The van der Waals surface area contributed by atoms with Crippen LogP contribution in [0.15, 0.2) is 28.7 Å². The highest BCUT2D eigenvalue weighted by Gasteiger charge is 2.31. The van der Waals surface area contributed by atoms with E-state index in [1.807, 2.05) is 48.4 Å². The molecule has 1 N–H and O–H groups in total. The van der Waals surface area contributed by atoms with E-state index in [2.05, 4.69) is 0 Å². The molecular weight excluding hydrogens is 320 g/mol. The number of anilines is 1. The van der Waals surface area contributed by atoms with E-state index in [-0.39, 0.29) is 11.7 Å². The smallest absolute Gasteiger partial charge is 0.255 e. The van der Waals surface area contributed by atoms with Gasteiger partial charge in [-0.1, -0.05) is 19.3 Å². The lowest BCUT2D eigenvalue weighted by molar-refractivity contribution is -0.128. The van der Waals surface area contributed by atoms with Gasteiger partial charge in [-0.15, -0.1) is 11.8 Å². The molecule has 1 amide bonds. The van der Waals surface area contributed by atoms with Gasteiger partial charge in [0.15, 0.2) is 0 Å². The van der Waals surface area contributed by atoms with Crippen molar-refractivity contribution in [1.29, 1.82) is 0 Å². The second-order valence-corrected chi connectivity index (χ2v) is 7.65. The third-order valence-corrected chi connectivity index (χ3v) is 5.98. The Kier molecular flexibility index (Phi) is 5.09. The van der Waals surface area contributed by atoms with Crippen molar-refractivity contribution < 1.29 is 9.90 Å². The van der Waals surface area contributed by atoms with Gasteiger partial charge in [0.05, 0.1) is 12.1 Å². The molecule has 0 saturated heterocycles. The number of fused-ring (bicyclic) bond motifs is 1. The molecular formula is C19H26N2O2S. The molecule has 0 unspecified atom stereocenters. The normalized spacial score (nSPS) is 18.5. The number of aliphatic hydroxyl groups excluding tert-OH is 1. The summed E-state index contributed by atoms with van der Waals surface area (Å²) in [6.45, 7) is 0.452. The number of thioether (sulfide) groups is 1. The lowest BCUT2D eigenvalue weighted by atomic mass is 9.93. The molecule has 4 nitrogen and oxygen atoms in total. The predicted octanol–water partition coefficient (Wildman–Crippen LogP) is 3.92. The molecule has 1 saturated carbocycles. The Morgan fingerprint density at radius 1 is 1.29 bits per heavy atom. The van der Waals surface area contributed by atoms with Gasteiger partial charge in [0, 0.05) is 36.3 Å². The number of hydrogen-bond acceptors (Lipinski definition) is 4. The molecule has 1 aromatic carbocycles. The van der Waals surface area contributed by atoms with Gasteiger partial charge < -0.3 is 14.9 Å². The third kappa shape index (κ3) is 3.14. The molecule has 0 spiro atoms. The van der Waals surface area contributed by atoms with Crippen molar-refractivity contribution in [2.75, 3.05) is 31.8 Å². The standard InChI is InChI=1S/C19H26N2O2S/c1-20-12-16(19(23)21(2)13-7-5-4-6-8-13)18(22)15-11-14(24-3)9-10-17(15)20/h9-11,13,22H,4-8,12H2,1-3H3. The molecule has 0 radical (unpaired) electrons. The topological polar surface area (TPSA) is 43.8 Å². The van der Waals surface area contributed by atoms with Crippen molar-refractivity contribution in [3.63, 3.8) is 0 Å². The van der Waals surface area contributed by atoms with Crippen LogP contribution in [0.2, 0.25) is 0 Å². The van der Waals surface area contributed by atoms with Gasteiger partial charge in [-0.2, -0.15) is 0 Å². The van der Waals surface area contributed by atoms with Crippen molar-refractivity contribution in [3.8, 4) is 0 Å². The molecule has 1 aliphatic heterocycles. The van der Waals surface area contributed by atoms with Gasteiger partial charge >= 0.3 is 0 Å². The minimum atomic E-state index is -0.0357. The zero-order valence-electron chi connectivity index (χ0n) is 14.7. The van der Waals surface area contributed by atoms with Crippen molar-refractivity contribution in [2.24, 2.45) is 0 Å². The van der Waals surface area contributed by atoms with E-state index >= 15 is 0 Å². The van der Waals surface area contributed by atoms with E-state index in [4.69, 9.17) is 0 Å². The Balaban J connectivity index is 1.92. The summed E-state index contributed by atoms with van der Waals surface area (Å²) < 4.78 is 0. The van der Waals surface area contributed by atoms with Gasteiger partial charge in [-0.25, -0.2) is 0 Å². The Morgan fingerprint density at radius 2 is 2.00 bits per heavy atom. The Bertz CT molecular complexity index is 665. The molecule has 1 fully saturated rings. The molecule has 2 aliphatic rings. The fourth-order valence-corrected chi connectivity index (χ4v) is 4.18. The molecule has 5 heteroatoms. The largest absolute Gasteiger partial charge is 0.507 e. The molecule has 3 rings (SSSR count). The Labute approximate surface area is 148 Å². The maximum Gasteiger partial charge on any atom is 0.255 e. The minimum absolute atomic E-state index is 0.0357. The minimum Gasteiger partial charge on any atom is -0.507 e. The van der Waals surface area contributed by atoms with Crippen LogP contribution in [-0.4, -0.2) is 48.9 Å². The fourth-order valence-electron chi connectivity index (χ4n) is 3.74. The second-order valence-electron chi connectivity index (χ2n) is 6.77. The van der Waals surface area contributed by atoms with E-state index in [1.54, 1.807) is 11.8 Å². The lowest BCUT2D eigenvalue weighted by Gasteiger charge is -2.35. The van der Waals surface area contributed by atoms with Crippen LogP contribution >= 0.6 is 11.8 Å². The van der Waals surface area contributed by atoms with Crippen molar-refractivity contribution in [2.45, 2.75) is 43.0 Å². The first-order valence-electron chi connectivity index (χ1n) is 8.61. The van der Waals surface area contributed by atoms with E-state index in [1.165, 1.54) is 19.3 Å². The summed E-state index contributed by atoms with van der Waals surface area (Å²) >= 11 is 1.64. The fraction of sp³-hybridized carbons (Fsp3) is 0.526. The summed E-state index contributed by atoms with van der Waals surface area (Å²) in [6.07, 6.45) is 7.79. The number of nitrogens with zero attached hydrogens (tertiary/aromatic N) is 2. The van der Waals surface area contributed by atoms with Crippen LogP contribution in [0.5, 0.6) is 0 Å². The number of aliphatic hydroxyl groups is 1. The van der Waals surface area contributed by atoms with Gasteiger partial charge in [0.1, 0.15) is 5.76 Å². The van der Waals surface area contributed by atoms with E-state index in [0.29, 0.717) is 18.2 Å². The van der Waals surface area contributed by atoms with Crippen LogP contribution in [0.4, 0.5) is 5.69 Å². The number of benzene rings is 1. The molecule has 0 aromatic heterocycles. The van der Waals surface area contributed by atoms with E-state index < -0.39 is 0 Å². The highest BCUT2D eigenvalue weighted by Crippen LogP contribution is 2.36. The van der Waals surface area contributed by atoms with Crippen LogP contribution in [0.3, 0.4) is 0 Å². The average molecular weight is 346 g/mol. The number of amides is 1. The van der Waals surface area contributed by atoms with Gasteiger partial charge in [0.2, 0.25) is 0 Å². The lowest BCUT2D eigenvalue weighted by Crippen LogP contribution is -2.42. The van der Waals surface area contributed by atoms with Crippen molar-refractivity contribution in [3.05, 3.63) is 29.3 Å². The first kappa shape index (κ1) is 17.2. The number of likely N-dealkylation sites (N-methyl/N-ethyl adjacent to an activating group) is 2. The maximum atomic E-state index is 13.0. The van der Waals surface area contributed by atoms with Crippen molar-refractivity contribution >= 4 is 29.1 Å². The summed E-state index contributed by atoms with van der Waals surface area (Å²) in [6, 6.07) is 6.34. The maximum absolute atomic E-state index is 13.0. The monoisotopic (exact) mass is 346 g/mol. The highest BCUT2D eigenvalue weighted by molar-refractivity contribution is 7.98. The second kappa shape index (κ2) is 7.09.